The zero-order chi connectivity index (χ0) is 11.5. The van der Waals surface area contributed by atoms with Crippen LogP contribution in [-0.4, -0.2) is 22.0 Å². The molecule has 1 heterocycles. The predicted molar refractivity (Wildman–Crippen MR) is 64.1 cm³/mol. The molecule has 0 aliphatic heterocycles. The van der Waals surface area contributed by atoms with E-state index in [4.69, 9.17) is 23.2 Å². The summed E-state index contributed by atoms with van der Waals surface area (Å²) in [7, 11) is 1.85. The van der Waals surface area contributed by atoms with Gasteiger partial charge in [-0.2, -0.15) is 0 Å². The maximum Gasteiger partial charge on any atom is 0.0969 e. The second kappa shape index (κ2) is 4.82. The van der Waals surface area contributed by atoms with Gasteiger partial charge in [0.2, 0.25) is 0 Å². The fourth-order valence-electron chi connectivity index (χ4n) is 1.34. The summed E-state index contributed by atoms with van der Waals surface area (Å²) in [6, 6.07) is 5.22. The van der Waals surface area contributed by atoms with Crippen LogP contribution in [0.5, 0.6) is 0 Å². The van der Waals surface area contributed by atoms with Crippen molar-refractivity contribution < 1.29 is 0 Å². The Balaban J connectivity index is 2.38. The molecule has 0 fully saturated rings. The molecule has 0 aliphatic rings. The first kappa shape index (κ1) is 11.4. The average Bonchev–Trinajstić information content (AvgIpc) is 2.71. The summed E-state index contributed by atoms with van der Waals surface area (Å²) in [5.41, 5.74) is 1.57. The molecule has 0 saturated carbocycles. The maximum absolute atomic E-state index is 6.05. The number of nitrogens with one attached hydrogen (secondary N) is 1. The first-order chi connectivity index (χ1) is 7.70. The summed E-state index contributed by atoms with van der Waals surface area (Å²) >= 11 is 12.0. The van der Waals surface area contributed by atoms with Crippen LogP contribution in [0.1, 0.15) is 5.69 Å². The van der Waals surface area contributed by atoms with Gasteiger partial charge in [-0.25, -0.2) is 4.68 Å². The SMILES string of the molecule is CNCc1cn(-c2cc(Cl)ccc2Cl)nn1. The first-order valence-electron chi connectivity index (χ1n) is 4.72. The van der Waals surface area contributed by atoms with Gasteiger partial charge in [0.25, 0.3) is 0 Å². The molecule has 0 bridgehead atoms. The van der Waals surface area contributed by atoms with Crippen LogP contribution in [-0.2, 0) is 6.54 Å². The molecule has 6 heteroatoms. The largest absolute Gasteiger partial charge is 0.314 e. The zero-order valence-electron chi connectivity index (χ0n) is 8.61. The van der Waals surface area contributed by atoms with Crippen LogP contribution in [0.15, 0.2) is 24.4 Å². The molecule has 16 heavy (non-hydrogen) atoms. The summed E-state index contributed by atoms with van der Waals surface area (Å²) in [5, 5.41) is 12.2. The first-order valence-corrected chi connectivity index (χ1v) is 5.47. The molecule has 0 radical (unpaired) electrons. The van der Waals surface area contributed by atoms with Crippen LogP contribution in [0.4, 0.5) is 0 Å². The number of hydrogen-bond donors (Lipinski definition) is 1. The number of benzene rings is 1. The van der Waals surface area contributed by atoms with Gasteiger partial charge >= 0.3 is 0 Å². The van der Waals surface area contributed by atoms with Crippen LogP contribution >= 0.6 is 23.2 Å². The van der Waals surface area contributed by atoms with Crippen LogP contribution in [0.2, 0.25) is 10.0 Å². The third-order valence-corrected chi connectivity index (χ3v) is 2.61. The lowest BCUT2D eigenvalue weighted by atomic mass is 10.3. The van der Waals surface area contributed by atoms with Gasteiger partial charge in [-0.05, 0) is 25.2 Å². The molecule has 0 unspecified atom stereocenters. The van der Waals surface area contributed by atoms with Crippen molar-refractivity contribution in [3.8, 4) is 5.69 Å². The van der Waals surface area contributed by atoms with Gasteiger partial charge in [0, 0.05) is 11.6 Å². The number of nitrogens with zero attached hydrogens (tertiary/aromatic N) is 3. The summed E-state index contributed by atoms with van der Waals surface area (Å²) in [6.07, 6.45) is 1.81. The Morgan fingerprint density at radius 1 is 1.38 bits per heavy atom. The Hall–Kier alpha value is -1.10. The Bertz CT molecular complexity index is 495. The van der Waals surface area contributed by atoms with Crippen molar-refractivity contribution in [1.29, 1.82) is 0 Å². The van der Waals surface area contributed by atoms with Gasteiger partial charge in [-0.15, -0.1) is 5.10 Å². The Labute approximate surface area is 103 Å². The standard InChI is InChI=1S/C10H10Cl2N4/c1-13-5-8-6-16(15-14-8)10-4-7(11)2-3-9(10)12/h2-4,6,13H,5H2,1H3. The molecule has 0 spiro atoms. The van der Waals surface area contributed by atoms with Crippen molar-refractivity contribution in [2.75, 3.05) is 7.05 Å². The molecule has 84 valence electrons. The number of hydrogen-bond acceptors (Lipinski definition) is 3. The highest BCUT2D eigenvalue weighted by Gasteiger charge is 2.06. The van der Waals surface area contributed by atoms with Crippen molar-refractivity contribution in [1.82, 2.24) is 20.3 Å². The minimum absolute atomic E-state index is 0.588. The van der Waals surface area contributed by atoms with Crippen LogP contribution in [0, 0.1) is 0 Å². The van der Waals surface area contributed by atoms with Crippen molar-refractivity contribution >= 4 is 23.2 Å². The molecular weight excluding hydrogens is 247 g/mol. The molecule has 0 saturated heterocycles. The fourth-order valence-corrected chi connectivity index (χ4v) is 1.71. The van der Waals surface area contributed by atoms with E-state index in [-0.39, 0.29) is 0 Å². The van der Waals surface area contributed by atoms with Crippen LogP contribution in [0.25, 0.3) is 5.69 Å². The summed E-state index contributed by atoms with van der Waals surface area (Å²) in [4.78, 5) is 0. The monoisotopic (exact) mass is 256 g/mol. The molecule has 2 rings (SSSR count). The Morgan fingerprint density at radius 2 is 2.19 bits per heavy atom. The van der Waals surface area contributed by atoms with Crippen molar-refractivity contribution in [2.24, 2.45) is 0 Å². The third-order valence-electron chi connectivity index (χ3n) is 2.05. The van der Waals surface area contributed by atoms with E-state index in [1.165, 1.54) is 0 Å². The zero-order valence-corrected chi connectivity index (χ0v) is 10.1. The van der Waals surface area contributed by atoms with E-state index < -0.39 is 0 Å². The smallest absolute Gasteiger partial charge is 0.0969 e. The van der Waals surface area contributed by atoms with Gasteiger partial charge < -0.3 is 5.32 Å². The normalized spacial score (nSPS) is 10.7. The highest BCUT2D eigenvalue weighted by atomic mass is 35.5. The highest BCUT2D eigenvalue weighted by Crippen LogP contribution is 2.23. The Morgan fingerprint density at radius 3 is 2.94 bits per heavy atom. The molecular formula is C10H10Cl2N4. The fraction of sp³-hybridized carbons (Fsp3) is 0.200. The van der Waals surface area contributed by atoms with Crippen LogP contribution in [0.3, 0.4) is 0 Å². The maximum atomic E-state index is 6.05. The van der Waals surface area contributed by atoms with E-state index >= 15 is 0 Å². The van der Waals surface area contributed by atoms with Gasteiger partial charge in [-0.3, -0.25) is 0 Å². The van der Waals surface area contributed by atoms with Crippen molar-refractivity contribution in [3.63, 3.8) is 0 Å². The quantitative estimate of drug-likeness (QED) is 0.917. The molecule has 1 N–H and O–H groups in total. The predicted octanol–water partition coefficient (Wildman–Crippen LogP) is 2.29. The lowest BCUT2D eigenvalue weighted by Gasteiger charge is -2.03. The van der Waals surface area contributed by atoms with E-state index in [1.807, 2.05) is 13.2 Å². The molecule has 4 nitrogen and oxygen atoms in total. The van der Waals surface area contributed by atoms with Gasteiger partial charge in [0.1, 0.15) is 0 Å². The van der Waals surface area contributed by atoms with E-state index in [0.717, 1.165) is 11.4 Å². The topological polar surface area (TPSA) is 42.7 Å². The van der Waals surface area contributed by atoms with Gasteiger partial charge in [0.05, 0.1) is 22.6 Å². The number of aromatic nitrogens is 3. The van der Waals surface area contributed by atoms with E-state index in [1.54, 1.807) is 22.9 Å². The van der Waals surface area contributed by atoms with Crippen LogP contribution < -0.4 is 5.32 Å². The van der Waals surface area contributed by atoms with Gasteiger partial charge in [0.15, 0.2) is 0 Å². The lowest BCUT2D eigenvalue weighted by Crippen LogP contribution is -2.05. The molecule has 2 aromatic rings. The second-order valence-corrected chi connectivity index (χ2v) is 4.12. The van der Waals surface area contributed by atoms with Crippen molar-refractivity contribution in [2.45, 2.75) is 6.54 Å². The average molecular weight is 257 g/mol. The molecule has 0 atom stereocenters. The number of rotatable bonds is 3. The van der Waals surface area contributed by atoms with E-state index in [0.29, 0.717) is 16.6 Å². The van der Waals surface area contributed by atoms with E-state index in [2.05, 4.69) is 15.6 Å². The minimum Gasteiger partial charge on any atom is -0.314 e. The molecule has 1 aromatic carbocycles. The highest BCUT2D eigenvalue weighted by molar-refractivity contribution is 6.34. The third kappa shape index (κ3) is 2.35. The van der Waals surface area contributed by atoms with Gasteiger partial charge in [-0.1, -0.05) is 28.4 Å². The Kier molecular flexibility index (Phi) is 3.43. The summed E-state index contributed by atoms with van der Waals surface area (Å²) in [6.45, 7) is 0.665. The minimum atomic E-state index is 0.588. The van der Waals surface area contributed by atoms with E-state index in [9.17, 15) is 0 Å². The number of halogens is 2. The summed E-state index contributed by atoms with van der Waals surface area (Å²) in [5.74, 6) is 0. The second-order valence-electron chi connectivity index (χ2n) is 3.28. The lowest BCUT2D eigenvalue weighted by molar-refractivity contribution is 0.767. The molecule has 0 aliphatic carbocycles. The van der Waals surface area contributed by atoms with Crippen molar-refractivity contribution in [3.05, 3.63) is 40.1 Å². The summed E-state index contributed by atoms with van der Waals surface area (Å²) < 4.78 is 1.61. The molecule has 0 amide bonds. The molecule has 1 aromatic heterocycles.